The lowest BCUT2D eigenvalue weighted by Crippen LogP contribution is -2.29. The Morgan fingerprint density at radius 1 is 1.29 bits per heavy atom. The fraction of sp³-hybridized carbons (Fsp3) is 0.412. The van der Waals surface area contributed by atoms with Crippen LogP contribution in [0.15, 0.2) is 30.5 Å². The molecule has 0 saturated heterocycles. The number of rotatable bonds is 6. The molecule has 1 amide bonds. The molecule has 6 nitrogen and oxygen atoms in total. The standard InChI is InChI=1S/C17H24N4O2.ClH/c1-11(2)13-4-6-14(7-5-13)21-10-15(22)16(20-21)17(23)19-9-8-12(3)18;/h4-7,10-12,22H,8-9,18H2,1-3H3,(H,19,23);1H. The van der Waals surface area contributed by atoms with Crippen molar-refractivity contribution in [2.24, 2.45) is 5.73 Å². The number of nitrogens with two attached hydrogens (primary N) is 1. The maximum atomic E-state index is 12.0. The van der Waals surface area contributed by atoms with Crippen LogP contribution in [0, 0.1) is 0 Å². The van der Waals surface area contributed by atoms with Crippen molar-refractivity contribution >= 4 is 18.3 Å². The van der Waals surface area contributed by atoms with E-state index < -0.39 is 5.91 Å². The Morgan fingerprint density at radius 2 is 1.92 bits per heavy atom. The summed E-state index contributed by atoms with van der Waals surface area (Å²) in [6.07, 6.45) is 2.11. The molecule has 0 saturated carbocycles. The summed E-state index contributed by atoms with van der Waals surface area (Å²) in [6.45, 7) is 6.57. The highest BCUT2D eigenvalue weighted by Crippen LogP contribution is 2.20. The van der Waals surface area contributed by atoms with Gasteiger partial charge in [-0.1, -0.05) is 26.0 Å². The van der Waals surface area contributed by atoms with Crippen molar-refractivity contribution in [1.82, 2.24) is 15.1 Å². The average molecular weight is 353 g/mol. The van der Waals surface area contributed by atoms with Gasteiger partial charge < -0.3 is 16.2 Å². The molecule has 0 aliphatic rings. The van der Waals surface area contributed by atoms with Gasteiger partial charge in [0.15, 0.2) is 11.4 Å². The number of carbonyl (C=O) groups is 1. The third kappa shape index (κ3) is 4.97. The molecule has 0 bridgehead atoms. The SMILES string of the molecule is CC(N)CCNC(=O)c1nn(-c2ccc(C(C)C)cc2)cc1O.Cl. The van der Waals surface area contributed by atoms with E-state index in [2.05, 4.69) is 24.3 Å². The molecular weight excluding hydrogens is 328 g/mol. The van der Waals surface area contributed by atoms with E-state index in [-0.39, 0.29) is 29.9 Å². The molecule has 4 N–H and O–H groups in total. The number of aromatic hydroxyl groups is 1. The Balaban J connectivity index is 0.00000288. The fourth-order valence-electron chi connectivity index (χ4n) is 2.17. The molecule has 1 aromatic heterocycles. The van der Waals surface area contributed by atoms with E-state index in [4.69, 9.17) is 5.73 Å². The van der Waals surface area contributed by atoms with E-state index >= 15 is 0 Å². The van der Waals surface area contributed by atoms with Crippen LogP contribution >= 0.6 is 12.4 Å². The third-order valence-corrected chi connectivity index (χ3v) is 3.62. The third-order valence-electron chi connectivity index (χ3n) is 3.62. The van der Waals surface area contributed by atoms with Crippen LogP contribution in [0.1, 0.15) is 49.2 Å². The molecule has 7 heteroatoms. The van der Waals surface area contributed by atoms with Crippen LogP contribution in [0.4, 0.5) is 0 Å². The average Bonchev–Trinajstić information content (AvgIpc) is 2.89. The van der Waals surface area contributed by atoms with Gasteiger partial charge in [0.05, 0.1) is 11.9 Å². The van der Waals surface area contributed by atoms with Gasteiger partial charge in [-0.2, -0.15) is 5.10 Å². The summed E-state index contributed by atoms with van der Waals surface area (Å²) in [5.41, 5.74) is 7.67. The summed E-state index contributed by atoms with van der Waals surface area (Å²) >= 11 is 0. The molecule has 0 radical (unpaired) electrons. The van der Waals surface area contributed by atoms with Gasteiger partial charge >= 0.3 is 0 Å². The molecule has 0 aliphatic carbocycles. The summed E-state index contributed by atoms with van der Waals surface area (Å²) in [4.78, 5) is 12.0. The van der Waals surface area contributed by atoms with Crippen LogP contribution < -0.4 is 11.1 Å². The first-order valence-corrected chi connectivity index (χ1v) is 7.81. The maximum absolute atomic E-state index is 12.0. The topological polar surface area (TPSA) is 93.2 Å². The minimum Gasteiger partial charge on any atom is -0.504 e. The van der Waals surface area contributed by atoms with Gasteiger partial charge in [-0.3, -0.25) is 4.79 Å². The van der Waals surface area contributed by atoms with E-state index in [9.17, 15) is 9.90 Å². The molecule has 1 atom stereocenters. The second-order valence-electron chi connectivity index (χ2n) is 6.08. The highest BCUT2D eigenvalue weighted by atomic mass is 35.5. The second kappa shape index (κ2) is 8.70. The summed E-state index contributed by atoms with van der Waals surface area (Å²) in [5.74, 6) is -0.0988. The number of carbonyl (C=O) groups excluding carboxylic acids is 1. The van der Waals surface area contributed by atoms with E-state index in [0.29, 0.717) is 18.9 Å². The van der Waals surface area contributed by atoms with Gasteiger partial charge in [-0.15, -0.1) is 12.4 Å². The molecular formula is C17H25ClN4O2. The first kappa shape index (κ1) is 20.0. The summed E-state index contributed by atoms with van der Waals surface area (Å²) < 4.78 is 1.50. The number of nitrogens with one attached hydrogen (secondary N) is 1. The van der Waals surface area contributed by atoms with Gasteiger partial charge in [0.25, 0.3) is 5.91 Å². The Labute approximate surface area is 148 Å². The van der Waals surface area contributed by atoms with E-state index in [1.807, 2.05) is 31.2 Å². The minimum absolute atomic E-state index is 0. The highest BCUT2D eigenvalue weighted by Gasteiger charge is 2.16. The first-order valence-electron chi connectivity index (χ1n) is 7.81. The van der Waals surface area contributed by atoms with Gasteiger partial charge in [0.2, 0.25) is 0 Å². The van der Waals surface area contributed by atoms with Crippen LogP contribution in [-0.2, 0) is 0 Å². The van der Waals surface area contributed by atoms with Crippen molar-refractivity contribution in [3.05, 3.63) is 41.7 Å². The zero-order chi connectivity index (χ0) is 17.0. The van der Waals surface area contributed by atoms with Crippen molar-refractivity contribution in [2.75, 3.05) is 6.54 Å². The van der Waals surface area contributed by atoms with Gasteiger partial charge in [-0.05, 0) is 37.0 Å². The number of halogens is 1. The Kier molecular flexibility index (Phi) is 7.25. The van der Waals surface area contributed by atoms with E-state index in [1.165, 1.54) is 16.4 Å². The summed E-state index contributed by atoms with van der Waals surface area (Å²) in [6, 6.07) is 7.88. The predicted molar refractivity (Wildman–Crippen MR) is 97.2 cm³/mol. The molecule has 2 rings (SSSR count). The molecule has 1 aromatic carbocycles. The zero-order valence-electron chi connectivity index (χ0n) is 14.2. The van der Waals surface area contributed by atoms with Crippen molar-refractivity contribution in [2.45, 2.75) is 39.2 Å². The van der Waals surface area contributed by atoms with Crippen molar-refractivity contribution < 1.29 is 9.90 Å². The lowest BCUT2D eigenvalue weighted by Gasteiger charge is -2.07. The Morgan fingerprint density at radius 3 is 2.46 bits per heavy atom. The first-order chi connectivity index (χ1) is 10.9. The van der Waals surface area contributed by atoms with Crippen molar-refractivity contribution in [1.29, 1.82) is 0 Å². The number of hydrogen-bond donors (Lipinski definition) is 3. The largest absolute Gasteiger partial charge is 0.504 e. The number of amides is 1. The lowest BCUT2D eigenvalue weighted by molar-refractivity contribution is 0.0945. The smallest absolute Gasteiger partial charge is 0.275 e. The summed E-state index contributed by atoms with van der Waals surface area (Å²) in [5, 5.41) is 16.8. The number of aromatic nitrogens is 2. The Bertz CT molecular complexity index is 666. The molecule has 0 aliphatic heterocycles. The molecule has 132 valence electrons. The number of benzene rings is 1. The fourth-order valence-corrected chi connectivity index (χ4v) is 2.17. The van der Waals surface area contributed by atoms with Gasteiger partial charge in [-0.25, -0.2) is 4.68 Å². The van der Waals surface area contributed by atoms with Crippen LogP contribution in [0.2, 0.25) is 0 Å². The quantitative estimate of drug-likeness (QED) is 0.744. The molecule has 1 heterocycles. The van der Waals surface area contributed by atoms with Gasteiger partial charge in [0, 0.05) is 12.6 Å². The monoisotopic (exact) mass is 352 g/mol. The highest BCUT2D eigenvalue weighted by molar-refractivity contribution is 5.94. The second-order valence-corrected chi connectivity index (χ2v) is 6.08. The van der Waals surface area contributed by atoms with Crippen molar-refractivity contribution in [3.63, 3.8) is 0 Å². The predicted octanol–water partition coefficient (Wildman–Crippen LogP) is 2.59. The van der Waals surface area contributed by atoms with Gasteiger partial charge in [0.1, 0.15) is 0 Å². The summed E-state index contributed by atoms with van der Waals surface area (Å²) in [7, 11) is 0. The van der Waals surface area contributed by atoms with Crippen LogP contribution in [0.3, 0.4) is 0 Å². The molecule has 0 fully saturated rings. The lowest BCUT2D eigenvalue weighted by atomic mass is 10.0. The zero-order valence-corrected chi connectivity index (χ0v) is 15.0. The van der Waals surface area contributed by atoms with E-state index in [1.54, 1.807) is 0 Å². The molecule has 1 unspecified atom stereocenters. The minimum atomic E-state index is -0.402. The Hall–Kier alpha value is -2.05. The van der Waals surface area contributed by atoms with Crippen LogP contribution in [0.5, 0.6) is 5.75 Å². The van der Waals surface area contributed by atoms with Crippen LogP contribution in [-0.4, -0.2) is 33.4 Å². The molecule has 2 aromatic rings. The van der Waals surface area contributed by atoms with Crippen LogP contribution in [0.25, 0.3) is 5.69 Å². The molecule has 0 spiro atoms. The number of nitrogens with zero attached hydrogens (tertiary/aromatic N) is 2. The maximum Gasteiger partial charge on any atom is 0.275 e. The van der Waals surface area contributed by atoms with E-state index in [0.717, 1.165) is 5.69 Å². The number of hydrogen-bond acceptors (Lipinski definition) is 4. The normalized spacial score (nSPS) is 11.9. The molecule has 24 heavy (non-hydrogen) atoms. The van der Waals surface area contributed by atoms with Crippen molar-refractivity contribution in [3.8, 4) is 11.4 Å².